The Balaban J connectivity index is 1.96. The number of nitrogens with zero attached hydrogens (tertiary/aromatic N) is 2. The number of hydrogen-bond donors (Lipinski definition) is 0. The Morgan fingerprint density at radius 2 is 1.90 bits per heavy atom. The van der Waals surface area contributed by atoms with Gasteiger partial charge in [0.15, 0.2) is 0 Å². The summed E-state index contributed by atoms with van der Waals surface area (Å²) in [7, 11) is 0. The van der Waals surface area contributed by atoms with E-state index < -0.39 is 0 Å². The summed E-state index contributed by atoms with van der Waals surface area (Å²) in [5.74, 6) is 0. The average molecular weight is 283 g/mol. The van der Waals surface area contributed by atoms with Crippen molar-refractivity contribution in [2.24, 2.45) is 0 Å². The van der Waals surface area contributed by atoms with E-state index in [1.165, 1.54) is 11.1 Å². The van der Waals surface area contributed by atoms with E-state index in [9.17, 15) is 0 Å². The lowest BCUT2D eigenvalue weighted by molar-refractivity contribution is 0.809. The van der Waals surface area contributed by atoms with E-state index >= 15 is 0 Å². The standard InChI is InChI=1S/C17H15ClN2/c1-13-10-17(16-4-2-3-9-19-16)20(11-13)12-14-5-7-15(18)8-6-14/h2-11H,12H2,1H3. The first kappa shape index (κ1) is 12.9. The van der Waals surface area contributed by atoms with Gasteiger partial charge in [-0.2, -0.15) is 0 Å². The summed E-state index contributed by atoms with van der Waals surface area (Å²) in [6, 6.07) is 16.1. The van der Waals surface area contributed by atoms with Crippen molar-refractivity contribution in [3.63, 3.8) is 0 Å². The molecule has 2 heterocycles. The van der Waals surface area contributed by atoms with Crippen molar-refractivity contribution in [3.05, 3.63) is 77.1 Å². The number of halogens is 1. The van der Waals surface area contributed by atoms with Crippen LogP contribution in [-0.2, 0) is 6.54 Å². The average Bonchev–Trinajstić information content (AvgIpc) is 2.83. The Morgan fingerprint density at radius 1 is 1.10 bits per heavy atom. The molecule has 2 nitrogen and oxygen atoms in total. The Hall–Kier alpha value is -2.06. The molecule has 3 heteroatoms. The Labute approximate surface area is 123 Å². The highest BCUT2D eigenvalue weighted by Crippen LogP contribution is 2.21. The first-order valence-electron chi connectivity index (χ1n) is 6.55. The minimum absolute atomic E-state index is 0.766. The van der Waals surface area contributed by atoms with E-state index in [4.69, 9.17) is 11.6 Å². The zero-order valence-corrected chi connectivity index (χ0v) is 12.0. The van der Waals surface area contributed by atoms with Crippen molar-refractivity contribution in [1.82, 2.24) is 9.55 Å². The molecule has 0 atom stereocenters. The fourth-order valence-corrected chi connectivity index (χ4v) is 2.43. The maximum absolute atomic E-state index is 5.93. The zero-order valence-electron chi connectivity index (χ0n) is 11.3. The van der Waals surface area contributed by atoms with Gasteiger partial charge in [0.25, 0.3) is 0 Å². The highest BCUT2D eigenvalue weighted by atomic mass is 35.5. The first-order chi connectivity index (χ1) is 9.72. The van der Waals surface area contributed by atoms with Gasteiger partial charge >= 0.3 is 0 Å². The second kappa shape index (κ2) is 5.51. The molecule has 2 aromatic heterocycles. The minimum atomic E-state index is 0.766. The molecule has 0 radical (unpaired) electrons. The predicted molar refractivity (Wildman–Crippen MR) is 83.0 cm³/mol. The normalized spacial score (nSPS) is 10.7. The molecule has 0 N–H and O–H groups in total. The van der Waals surface area contributed by atoms with Gasteiger partial charge in [-0.15, -0.1) is 0 Å². The van der Waals surface area contributed by atoms with Gasteiger partial charge in [-0.1, -0.05) is 29.8 Å². The summed E-state index contributed by atoms with van der Waals surface area (Å²) in [6.07, 6.45) is 3.98. The summed E-state index contributed by atoms with van der Waals surface area (Å²) >= 11 is 5.93. The van der Waals surface area contributed by atoms with Crippen LogP contribution in [-0.4, -0.2) is 9.55 Å². The molecule has 0 saturated heterocycles. The van der Waals surface area contributed by atoms with Crippen molar-refractivity contribution in [3.8, 4) is 11.4 Å². The fourth-order valence-electron chi connectivity index (χ4n) is 2.30. The molecule has 1 aromatic carbocycles. The van der Waals surface area contributed by atoms with Crippen LogP contribution >= 0.6 is 11.6 Å². The lowest BCUT2D eigenvalue weighted by atomic mass is 10.2. The fraction of sp³-hybridized carbons (Fsp3) is 0.118. The summed E-state index contributed by atoms with van der Waals surface area (Å²) < 4.78 is 2.22. The number of aryl methyl sites for hydroxylation is 1. The van der Waals surface area contributed by atoms with E-state index in [0.717, 1.165) is 23.0 Å². The largest absolute Gasteiger partial charge is 0.342 e. The highest BCUT2D eigenvalue weighted by molar-refractivity contribution is 6.30. The summed E-state index contributed by atoms with van der Waals surface area (Å²) in [5.41, 5.74) is 4.59. The van der Waals surface area contributed by atoms with Crippen LogP contribution in [0.4, 0.5) is 0 Å². The van der Waals surface area contributed by atoms with E-state index in [1.54, 1.807) is 0 Å². The SMILES string of the molecule is Cc1cc(-c2ccccn2)n(Cc2ccc(Cl)cc2)c1. The van der Waals surface area contributed by atoms with Gasteiger partial charge in [0.2, 0.25) is 0 Å². The smallest absolute Gasteiger partial charge is 0.0866 e. The molecule has 0 aliphatic heterocycles. The molecule has 0 amide bonds. The van der Waals surface area contributed by atoms with Crippen LogP contribution in [0.2, 0.25) is 5.02 Å². The Kier molecular flexibility index (Phi) is 3.57. The van der Waals surface area contributed by atoms with E-state index in [-0.39, 0.29) is 0 Å². The van der Waals surface area contributed by atoms with Gasteiger partial charge in [0, 0.05) is 24.0 Å². The van der Waals surface area contributed by atoms with Crippen molar-refractivity contribution in [2.45, 2.75) is 13.5 Å². The molecule has 0 aliphatic carbocycles. The van der Waals surface area contributed by atoms with Gasteiger partial charge in [-0.05, 0) is 48.4 Å². The zero-order chi connectivity index (χ0) is 13.9. The molecule has 0 bridgehead atoms. The monoisotopic (exact) mass is 282 g/mol. The number of pyridine rings is 1. The molecule has 3 rings (SSSR count). The number of hydrogen-bond acceptors (Lipinski definition) is 1. The van der Waals surface area contributed by atoms with Crippen LogP contribution in [0.3, 0.4) is 0 Å². The molecule has 0 unspecified atom stereocenters. The molecule has 0 fully saturated rings. The first-order valence-corrected chi connectivity index (χ1v) is 6.93. The molecule has 0 saturated carbocycles. The van der Waals surface area contributed by atoms with Crippen molar-refractivity contribution >= 4 is 11.6 Å². The van der Waals surface area contributed by atoms with Gasteiger partial charge in [-0.3, -0.25) is 4.98 Å². The number of aromatic nitrogens is 2. The van der Waals surface area contributed by atoms with Crippen LogP contribution < -0.4 is 0 Å². The third-order valence-corrected chi connectivity index (χ3v) is 3.48. The Bertz CT molecular complexity index is 700. The summed E-state index contributed by atoms with van der Waals surface area (Å²) in [6.45, 7) is 2.92. The van der Waals surface area contributed by atoms with E-state index in [2.05, 4.69) is 40.9 Å². The van der Waals surface area contributed by atoms with Crippen LogP contribution in [0.5, 0.6) is 0 Å². The second-order valence-electron chi connectivity index (χ2n) is 4.87. The van der Waals surface area contributed by atoms with Gasteiger partial charge in [-0.25, -0.2) is 0 Å². The number of benzene rings is 1. The van der Waals surface area contributed by atoms with Gasteiger partial charge in [0.05, 0.1) is 11.4 Å². The van der Waals surface area contributed by atoms with E-state index in [1.807, 2.05) is 36.5 Å². The van der Waals surface area contributed by atoms with E-state index in [0.29, 0.717) is 0 Å². The van der Waals surface area contributed by atoms with Gasteiger partial charge < -0.3 is 4.57 Å². The summed E-state index contributed by atoms with van der Waals surface area (Å²) in [4.78, 5) is 4.44. The third-order valence-electron chi connectivity index (χ3n) is 3.23. The molecule has 0 spiro atoms. The molecular formula is C17H15ClN2. The maximum atomic E-state index is 5.93. The quantitative estimate of drug-likeness (QED) is 0.688. The highest BCUT2D eigenvalue weighted by Gasteiger charge is 2.07. The van der Waals surface area contributed by atoms with Crippen LogP contribution in [0.15, 0.2) is 60.9 Å². The minimum Gasteiger partial charge on any atom is -0.342 e. The lowest BCUT2D eigenvalue weighted by Gasteiger charge is -2.09. The lowest BCUT2D eigenvalue weighted by Crippen LogP contribution is -2.00. The molecule has 0 aliphatic rings. The molecule has 3 aromatic rings. The van der Waals surface area contributed by atoms with Crippen LogP contribution in [0, 0.1) is 6.92 Å². The van der Waals surface area contributed by atoms with Crippen molar-refractivity contribution in [1.29, 1.82) is 0 Å². The van der Waals surface area contributed by atoms with Crippen LogP contribution in [0.25, 0.3) is 11.4 Å². The van der Waals surface area contributed by atoms with Gasteiger partial charge in [0.1, 0.15) is 0 Å². The summed E-state index contributed by atoms with van der Waals surface area (Å²) in [5, 5.41) is 0.766. The molecule has 20 heavy (non-hydrogen) atoms. The number of rotatable bonds is 3. The second-order valence-corrected chi connectivity index (χ2v) is 5.31. The van der Waals surface area contributed by atoms with Crippen LogP contribution in [0.1, 0.15) is 11.1 Å². The van der Waals surface area contributed by atoms with Crippen molar-refractivity contribution < 1.29 is 0 Å². The van der Waals surface area contributed by atoms with Crippen molar-refractivity contribution in [2.75, 3.05) is 0 Å². The maximum Gasteiger partial charge on any atom is 0.0866 e. The molecular weight excluding hydrogens is 268 g/mol. The topological polar surface area (TPSA) is 17.8 Å². The molecule has 100 valence electrons. The predicted octanol–water partition coefficient (Wildman–Crippen LogP) is 4.56. The Morgan fingerprint density at radius 3 is 2.60 bits per heavy atom. The third kappa shape index (κ3) is 2.75.